The first-order valence-electron chi connectivity index (χ1n) is 6.79. The van der Waals surface area contributed by atoms with E-state index >= 15 is 0 Å². The first-order chi connectivity index (χ1) is 10.7. The van der Waals surface area contributed by atoms with Crippen molar-refractivity contribution in [3.8, 4) is 11.1 Å². The van der Waals surface area contributed by atoms with Gasteiger partial charge in [0.2, 0.25) is 0 Å². The molecule has 2 aromatic carbocycles. The minimum Gasteiger partial charge on any atom is -0.266 e. The lowest BCUT2D eigenvalue weighted by molar-refractivity contribution is 0.568. The molecule has 1 aromatic heterocycles. The van der Waals surface area contributed by atoms with Crippen LogP contribution >= 0.6 is 23.2 Å². The predicted molar refractivity (Wildman–Crippen MR) is 87.6 cm³/mol. The Morgan fingerprint density at radius 1 is 0.909 bits per heavy atom. The first-order valence-corrected chi connectivity index (χ1v) is 7.55. The van der Waals surface area contributed by atoms with Gasteiger partial charge in [-0.3, -0.25) is 4.79 Å². The number of benzene rings is 2. The standard InChI is InChI=1S/C17H10Cl2N2O/c18-14-9-20-21(17(22)15(14)19)16-12-7-3-1-5-10(12)11-6-2-4-8-13(11)16/h1-9,16H. The zero-order valence-corrected chi connectivity index (χ0v) is 12.8. The van der Waals surface area contributed by atoms with E-state index in [-0.39, 0.29) is 21.6 Å². The van der Waals surface area contributed by atoms with Gasteiger partial charge in [0, 0.05) is 0 Å². The zero-order chi connectivity index (χ0) is 15.3. The molecular formula is C17H10Cl2N2O. The van der Waals surface area contributed by atoms with Crippen molar-refractivity contribution in [2.24, 2.45) is 0 Å². The van der Waals surface area contributed by atoms with Gasteiger partial charge in [-0.25, -0.2) is 4.68 Å². The van der Waals surface area contributed by atoms with Crippen molar-refractivity contribution in [3.05, 3.63) is 86.3 Å². The second kappa shape index (κ2) is 4.97. The Bertz CT molecular complexity index is 904. The molecule has 5 heteroatoms. The van der Waals surface area contributed by atoms with Crippen LogP contribution in [0.25, 0.3) is 11.1 Å². The second-order valence-corrected chi connectivity index (χ2v) is 5.92. The van der Waals surface area contributed by atoms with E-state index in [1.54, 1.807) is 0 Å². The van der Waals surface area contributed by atoms with Gasteiger partial charge >= 0.3 is 0 Å². The van der Waals surface area contributed by atoms with Gasteiger partial charge in [-0.1, -0.05) is 71.7 Å². The molecule has 0 N–H and O–H groups in total. The summed E-state index contributed by atoms with van der Waals surface area (Å²) in [5.74, 6) is 0. The average molecular weight is 329 g/mol. The van der Waals surface area contributed by atoms with E-state index < -0.39 is 0 Å². The van der Waals surface area contributed by atoms with Crippen molar-refractivity contribution in [2.75, 3.05) is 0 Å². The van der Waals surface area contributed by atoms with E-state index in [1.807, 2.05) is 36.4 Å². The van der Waals surface area contributed by atoms with Crippen molar-refractivity contribution in [1.82, 2.24) is 9.78 Å². The predicted octanol–water partition coefficient (Wildman–Crippen LogP) is 4.17. The Balaban J connectivity index is 2.04. The van der Waals surface area contributed by atoms with Crippen LogP contribution in [0.4, 0.5) is 0 Å². The average Bonchev–Trinajstić information content (AvgIpc) is 2.88. The van der Waals surface area contributed by atoms with E-state index in [1.165, 1.54) is 10.9 Å². The summed E-state index contributed by atoms with van der Waals surface area (Å²) in [6.45, 7) is 0. The lowest BCUT2D eigenvalue weighted by Gasteiger charge is -2.16. The van der Waals surface area contributed by atoms with Crippen LogP contribution in [0.1, 0.15) is 17.2 Å². The second-order valence-electron chi connectivity index (χ2n) is 5.13. The third kappa shape index (κ3) is 1.83. The van der Waals surface area contributed by atoms with E-state index in [4.69, 9.17) is 23.2 Å². The van der Waals surface area contributed by atoms with Gasteiger partial charge < -0.3 is 0 Å². The minimum absolute atomic E-state index is 0.00136. The smallest absolute Gasteiger partial charge is 0.266 e. The van der Waals surface area contributed by atoms with Crippen LogP contribution in [0.5, 0.6) is 0 Å². The zero-order valence-electron chi connectivity index (χ0n) is 11.3. The molecule has 22 heavy (non-hydrogen) atoms. The Morgan fingerprint density at radius 2 is 1.45 bits per heavy atom. The normalized spacial score (nSPS) is 13.0. The number of halogens is 2. The van der Waals surface area contributed by atoms with Crippen LogP contribution in [0.2, 0.25) is 10.0 Å². The topological polar surface area (TPSA) is 34.9 Å². The SMILES string of the molecule is O=c1c(Cl)c(Cl)cnn1C1c2ccccc2-c2ccccc21. The van der Waals surface area contributed by atoms with E-state index in [0.29, 0.717) is 0 Å². The first kappa shape index (κ1) is 13.6. The monoisotopic (exact) mass is 328 g/mol. The van der Waals surface area contributed by atoms with Crippen molar-refractivity contribution in [1.29, 1.82) is 0 Å². The molecular weight excluding hydrogens is 319 g/mol. The van der Waals surface area contributed by atoms with Crippen LogP contribution in [0, 0.1) is 0 Å². The van der Waals surface area contributed by atoms with Crippen LogP contribution in [-0.4, -0.2) is 9.78 Å². The summed E-state index contributed by atoms with van der Waals surface area (Å²) >= 11 is 11.9. The number of fused-ring (bicyclic) bond motifs is 3. The molecule has 0 saturated heterocycles. The number of aromatic nitrogens is 2. The lowest BCUT2D eigenvalue weighted by atomic mass is 10.1. The Labute approximate surface area is 136 Å². The van der Waals surface area contributed by atoms with E-state index in [2.05, 4.69) is 17.2 Å². The van der Waals surface area contributed by atoms with Gasteiger partial charge in [0.05, 0.1) is 11.2 Å². The highest BCUT2D eigenvalue weighted by atomic mass is 35.5. The highest BCUT2D eigenvalue weighted by Gasteiger charge is 2.31. The molecule has 1 aliphatic rings. The molecule has 0 radical (unpaired) electrons. The Kier molecular flexibility index (Phi) is 3.06. The molecule has 0 fully saturated rings. The maximum Gasteiger partial charge on any atom is 0.287 e. The molecule has 0 bridgehead atoms. The number of hydrogen-bond donors (Lipinski definition) is 0. The Morgan fingerprint density at radius 3 is 2.05 bits per heavy atom. The van der Waals surface area contributed by atoms with Crippen molar-refractivity contribution >= 4 is 23.2 Å². The lowest BCUT2D eigenvalue weighted by Crippen LogP contribution is -2.28. The summed E-state index contributed by atoms with van der Waals surface area (Å²) in [5.41, 5.74) is 3.92. The summed E-state index contributed by atoms with van der Waals surface area (Å²) in [6.07, 6.45) is 1.41. The molecule has 1 aliphatic carbocycles. The number of hydrogen-bond acceptors (Lipinski definition) is 2. The molecule has 0 atom stereocenters. The quantitative estimate of drug-likeness (QED) is 0.525. The van der Waals surface area contributed by atoms with Crippen LogP contribution in [0.3, 0.4) is 0 Å². The molecule has 3 aromatic rings. The van der Waals surface area contributed by atoms with Gasteiger partial charge in [0.15, 0.2) is 0 Å². The fourth-order valence-corrected chi connectivity index (χ4v) is 3.26. The van der Waals surface area contributed by atoms with Gasteiger partial charge in [0.1, 0.15) is 11.1 Å². The van der Waals surface area contributed by atoms with Gasteiger partial charge in [-0.15, -0.1) is 0 Å². The van der Waals surface area contributed by atoms with E-state index in [9.17, 15) is 4.79 Å². The summed E-state index contributed by atoms with van der Waals surface area (Å²) in [6, 6.07) is 15.7. The van der Waals surface area contributed by atoms with Crippen molar-refractivity contribution < 1.29 is 0 Å². The molecule has 0 saturated carbocycles. The largest absolute Gasteiger partial charge is 0.287 e. The summed E-state index contributed by atoms with van der Waals surface area (Å²) in [4.78, 5) is 12.5. The van der Waals surface area contributed by atoms with Crippen LogP contribution in [-0.2, 0) is 0 Å². The van der Waals surface area contributed by atoms with Crippen LogP contribution in [0.15, 0.2) is 59.5 Å². The summed E-state index contributed by atoms with van der Waals surface area (Å²) in [5, 5.41) is 4.37. The third-order valence-electron chi connectivity index (χ3n) is 3.95. The third-order valence-corrected chi connectivity index (χ3v) is 4.70. The van der Waals surface area contributed by atoms with Gasteiger partial charge in [-0.2, -0.15) is 5.10 Å². The number of rotatable bonds is 1. The molecule has 0 amide bonds. The number of nitrogens with zero attached hydrogens (tertiary/aromatic N) is 2. The summed E-state index contributed by atoms with van der Waals surface area (Å²) in [7, 11) is 0. The molecule has 0 unspecified atom stereocenters. The molecule has 0 spiro atoms. The van der Waals surface area contributed by atoms with Crippen molar-refractivity contribution in [3.63, 3.8) is 0 Å². The minimum atomic E-state index is -0.384. The van der Waals surface area contributed by atoms with Crippen molar-refractivity contribution in [2.45, 2.75) is 6.04 Å². The molecule has 0 aliphatic heterocycles. The van der Waals surface area contributed by atoms with E-state index in [0.717, 1.165) is 22.3 Å². The highest BCUT2D eigenvalue weighted by molar-refractivity contribution is 6.41. The molecule has 4 rings (SSSR count). The van der Waals surface area contributed by atoms with Gasteiger partial charge in [-0.05, 0) is 22.3 Å². The van der Waals surface area contributed by atoms with Gasteiger partial charge in [0.25, 0.3) is 5.56 Å². The van der Waals surface area contributed by atoms with Crippen LogP contribution < -0.4 is 5.56 Å². The molecule has 1 heterocycles. The maximum atomic E-state index is 12.5. The summed E-state index contributed by atoms with van der Waals surface area (Å²) < 4.78 is 1.40. The molecule has 108 valence electrons. The maximum absolute atomic E-state index is 12.5. The fourth-order valence-electron chi connectivity index (χ4n) is 3.00. The highest BCUT2D eigenvalue weighted by Crippen LogP contribution is 2.44. The fraction of sp³-hybridized carbons (Fsp3) is 0.0588. The Hall–Kier alpha value is -2.10. The molecule has 3 nitrogen and oxygen atoms in total.